The van der Waals surface area contributed by atoms with Crippen molar-refractivity contribution < 1.29 is 14.1 Å². The fraction of sp³-hybridized carbons (Fsp3) is 0.476. The summed E-state index contributed by atoms with van der Waals surface area (Å²) in [6.45, 7) is 4.25. The highest BCUT2D eigenvalue weighted by Crippen LogP contribution is 2.25. The lowest BCUT2D eigenvalue weighted by molar-refractivity contribution is -0.131. The number of hydrogen-bond donors (Lipinski definition) is 0. The Bertz CT molecular complexity index is 833. The Labute approximate surface area is 159 Å². The standard InChI is InChI=1S/C21H25N3O3/c1-15-6-8-16(9-7-15)14-19(25)23-10-12-24(13-11-23)21(26)20-17-4-2-3-5-18(17)27-22-20/h6-9H,2-5,10-14H2,1H3. The van der Waals surface area contributed by atoms with Crippen molar-refractivity contribution in [3.05, 3.63) is 52.4 Å². The van der Waals surface area contributed by atoms with Gasteiger partial charge in [0.2, 0.25) is 5.91 Å². The predicted molar refractivity (Wildman–Crippen MR) is 101 cm³/mol. The van der Waals surface area contributed by atoms with Crippen molar-refractivity contribution >= 4 is 11.8 Å². The van der Waals surface area contributed by atoms with E-state index < -0.39 is 0 Å². The number of rotatable bonds is 3. The molecular weight excluding hydrogens is 342 g/mol. The summed E-state index contributed by atoms with van der Waals surface area (Å²) < 4.78 is 5.37. The molecule has 2 aliphatic rings. The molecule has 6 nitrogen and oxygen atoms in total. The number of piperazine rings is 1. The van der Waals surface area contributed by atoms with Crippen molar-refractivity contribution in [2.24, 2.45) is 0 Å². The molecule has 1 aromatic heterocycles. The van der Waals surface area contributed by atoms with Gasteiger partial charge in [0.25, 0.3) is 5.91 Å². The monoisotopic (exact) mass is 367 g/mol. The summed E-state index contributed by atoms with van der Waals surface area (Å²) in [5.41, 5.74) is 3.68. The highest BCUT2D eigenvalue weighted by atomic mass is 16.5. The summed E-state index contributed by atoms with van der Waals surface area (Å²) in [4.78, 5) is 29.0. The van der Waals surface area contributed by atoms with Crippen LogP contribution in [-0.2, 0) is 24.1 Å². The SMILES string of the molecule is Cc1ccc(CC(=O)N2CCN(C(=O)c3noc4c3CCCC4)CC2)cc1. The number of hydrogen-bond acceptors (Lipinski definition) is 4. The van der Waals surface area contributed by atoms with E-state index in [1.165, 1.54) is 5.56 Å². The molecule has 1 saturated heterocycles. The molecule has 0 unspecified atom stereocenters. The first-order valence-electron chi connectivity index (χ1n) is 9.72. The largest absolute Gasteiger partial charge is 0.360 e. The maximum absolute atomic E-state index is 12.8. The van der Waals surface area contributed by atoms with Gasteiger partial charge in [-0.1, -0.05) is 35.0 Å². The maximum Gasteiger partial charge on any atom is 0.276 e. The highest BCUT2D eigenvalue weighted by Gasteiger charge is 2.30. The van der Waals surface area contributed by atoms with Crippen molar-refractivity contribution in [3.63, 3.8) is 0 Å². The second kappa shape index (κ2) is 7.55. The molecule has 4 rings (SSSR count). The Morgan fingerprint density at radius 3 is 2.41 bits per heavy atom. The van der Waals surface area contributed by atoms with Crippen LogP contribution in [0.4, 0.5) is 0 Å². The van der Waals surface area contributed by atoms with E-state index in [1.54, 1.807) is 4.90 Å². The lowest BCUT2D eigenvalue weighted by Gasteiger charge is -2.34. The van der Waals surface area contributed by atoms with Crippen LogP contribution in [-0.4, -0.2) is 52.9 Å². The molecule has 2 aromatic rings. The second-order valence-corrected chi connectivity index (χ2v) is 7.48. The van der Waals surface area contributed by atoms with Crippen molar-refractivity contribution in [1.82, 2.24) is 15.0 Å². The van der Waals surface area contributed by atoms with Crippen LogP contribution < -0.4 is 0 Å². The van der Waals surface area contributed by atoms with Gasteiger partial charge in [0.15, 0.2) is 5.69 Å². The van der Waals surface area contributed by atoms with Crippen LogP contribution in [0.2, 0.25) is 0 Å². The quantitative estimate of drug-likeness (QED) is 0.835. The number of amides is 2. The van der Waals surface area contributed by atoms with Gasteiger partial charge >= 0.3 is 0 Å². The van der Waals surface area contributed by atoms with Gasteiger partial charge in [-0.3, -0.25) is 9.59 Å². The molecule has 2 amide bonds. The molecule has 0 atom stereocenters. The van der Waals surface area contributed by atoms with Crippen LogP contribution >= 0.6 is 0 Å². The third-order valence-electron chi connectivity index (χ3n) is 5.55. The second-order valence-electron chi connectivity index (χ2n) is 7.48. The minimum Gasteiger partial charge on any atom is -0.360 e. The summed E-state index contributed by atoms with van der Waals surface area (Å²) in [7, 11) is 0. The van der Waals surface area contributed by atoms with E-state index in [4.69, 9.17) is 4.52 Å². The molecule has 1 aliphatic carbocycles. The zero-order valence-electron chi connectivity index (χ0n) is 15.7. The first-order chi connectivity index (χ1) is 13.1. The summed E-state index contributed by atoms with van der Waals surface area (Å²) in [6.07, 6.45) is 4.32. The molecule has 0 spiro atoms. The molecular formula is C21H25N3O3. The molecule has 142 valence electrons. The molecule has 27 heavy (non-hydrogen) atoms. The van der Waals surface area contributed by atoms with Gasteiger partial charge < -0.3 is 14.3 Å². The maximum atomic E-state index is 12.8. The Morgan fingerprint density at radius 2 is 1.67 bits per heavy atom. The van der Waals surface area contributed by atoms with Gasteiger partial charge in [0.05, 0.1) is 6.42 Å². The van der Waals surface area contributed by atoms with E-state index >= 15 is 0 Å². The minimum atomic E-state index is -0.0625. The van der Waals surface area contributed by atoms with Crippen molar-refractivity contribution in [2.75, 3.05) is 26.2 Å². The number of aromatic nitrogens is 1. The number of nitrogens with zero attached hydrogens (tertiary/aromatic N) is 3. The molecule has 0 radical (unpaired) electrons. The van der Waals surface area contributed by atoms with Crippen LogP contribution in [0, 0.1) is 6.92 Å². The first-order valence-corrected chi connectivity index (χ1v) is 9.72. The van der Waals surface area contributed by atoms with Crippen LogP contribution in [0.25, 0.3) is 0 Å². The number of fused-ring (bicyclic) bond motifs is 1. The van der Waals surface area contributed by atoms with E-state index in [1.807, 2.05) is 36.1 Å². The molecule has 6 heteroatoms. The van der Waals surface area contributed by atoms with Gasteiger partial charge in [0, 0.05) is 38.2 Å². The van der Waals surface area contributed by atoms with Gasteiger partial charge in [-0.05, 0) is 31.7 Å². The molecule has 1 aromatic carbocycles. The Balaban J connectivity index is 1.34. The summed E-state index contributed by atoms with van der Waals surface area (Å²) >= 11 is 0. The Morgan fingerprint density at radius 1 is 1.00 bits per heavy atom. The number of benzene rings is 1. The molecule has 1 aliphatic heterocycles. The number of carbonyl (C=O) groups excluding carboxylic acids is 2. The fourth-order valence-electron chi connectivity index (χ4n) is 3.85. The predicted octanol–water partition coefficient (Wildman–Crippen LogP) is 2.39. The van der Waals surface area contributed by atoms with E-state index in [0.29, 0.717) is 38.3 Å². The topological polar surface area (TPSA) is 66.7 Å². The van der Waals surface area contributed by atoms with E-state index in [2.05, 4.69) is 5.16 Å². The molecule has 0 bridgehead atoms. The Kier molecular flexibility index (Phi) is 4.97. The number of aryl methyl sites for hydroxylation is 2. The normalized spacial score (nSPS) is 16.9. The van der Waals surface area contributed by atoms with E-state index in [-0.39, 0.29) is 11.8 Å². The van der Waals surface area contributed by atoms with E-state index in [9.17, 15) is 9.59 Å². The Hall–Kier alpha value is -2.63. The average molecular weight is 367 g/mol. The third kappa shape index (κ3) is 3.75. The van der Waals surface area contributed by atoms with Gasteiger partial charge in [0.1, 0.15) is 5.76 Å². The van der Waals surface area contributed by atoms with Gasteiger partial charge in [-0.2, -0.15) is 0 Å². The average Bonchev–Trinajstić information content (AvgIpc) is 3.13. The first kappa shape index (κ1) is 17.8. The highest BCUT2D eigenvalue weighted by molar-refractivity contribution is 5.94. The fourth-order valence-corrected chi connectivity index (χ4v) is 3.85. The van der Waals surface area contributed by atoms with Crippen molar-refractivity contribution in [2.45, 2.75) is 39.0 Å². The van der Waals surface area contributed by atoms with Crippen molar-refractivity contribution in [1.29, 1.82) is 0 Å². The third-order valence-corrected chi connectivity index (χ3v) is 5.55. The molecule has 1 fully saturated rings. The molecule has 0 saturated carbocycles. The molecule has 0 N–H and O–H groups in total. The van der Waals surface area contributed by atoms with Crippen LogP contribution in [0.3, 0.4) is 0 Å². The van der Waals surface area contributed by atoms with Crippen molar-refractivity contribution in [3.8, 4) is 0 Å². The zero-order valence-corrected chi connectivity index (χ0v) is 15.7. The lowest BCUT2D eigenvalue weighted by atomic mass is 9.96. The summed E-state index contributed by atoms with van der Waals surface area (Å²) in [5, 5.41) is 4.04. The van der Waals surface area contributed by atoms with Crippen LogP contribution in [0.1, 0.15) is 45.8 Å². The number of carbonyl (C=O) groups is 2. The summed E-state index contributed by atoms with van der Waals surface area (Å²) in [6, 6.07) is 8.05. The van der Waals surface area contributed by atoms with Gasteiger partial charge in [-0.25, -0.2) is 0 Å². The molecule has 2 heterocycles. The van der Waals surface area contributed by atoms with Gasteiger partial charge in [-0.15, -0.1) is 0 Å². The minimum absolute atomic E-state index is 0.0625. The van der Waals surface area contributed by atoms with Crippen LogP contribution in [0.5, 0.6) is 0 Å². The lowest BCUT2D eigenvalue weighted by Crippen LogP contribution is -2.51. The smallest absolute Gasteiger partial charge is 0.276 e. The van der Waals surface area contributed by atoms with E-state index in [0.717, 1.165) is 42.6 Å². The van der Waals surface area contributed by atoms with Crippen LogP contribution in [0.15, 0.2) is 28.8 Å². The zero-order chi connectivity index (χ0) is 18.8. The summed E-state index contributed by atoms with van der Waals surface area (Å²) in [5.74, 6) is 0.925.